The highest BCUT2D eigenvalue weighted by Gasteiger charge is 2.20. The van der Waals surface area contributed by atoms with Crippen molar-refractivity contribution in [3.05, 3.63) is 26.6 Å². The first-order valence-electron chi connectivity index (χ1n) is 7.76. The van der Waals surface area contributed by atoms with Crippen LogP contribution < -0.4 is 0 Å². The van der Waals surface area contributed by atoms with E-state index in [0.717, 1.165) is 6.07 Å². The molecule has 0 atom stereocenters. The molecule has 0 bridgehead atoms. The Morgan fingerprint density at radius 1 is 1.31 bits per heavy atom. The molecule has 72 valence electrons. The Kier molecular flexibility index (Phi) is 1.07. The second-order valence-corrected chi connectivity index (χ2v) is 4.30. The number of rotatable bonds is 0. The van der Waals surface area contributed by atoms with Crippen molar-refractivity contribution in [1.82, 2.24) is 0 Å². The van der Waals surface area contributed by atoms with Crippen molar-refractivity contribution in [2.24, 2.45) is 0 Å². The minimum atomic E-state index is -3.42. The van der Waals surface area contributed by atoms with Crippen LogP contribution in [0.3, 0.4) is 0 Å². The number of hydrogen-bond donors (Lipinski definition) is 1. The maximum atomic E-state index is 10.1. The molecule has 3 heteroatoms. The van der Waals surface area contributed by atoms with Gasteiger partial charge in [0.2, 0.25) is 0 Å². The Balaban J connectivity index is 4.05. The predicted molar refractivity (Wildman–Crippen MR) is 62.2 cm³/mol. The maximum absolute atomic E-state index is 10.1. The number of benzene rings is 1. The van der Waals surface area contributed by atoms with Crippen molar-refractivity contribution in [2.45, 2.75) is 26.0 Å². The van der Waals surface area contributed by atoms with E-state index in [1.807, 2.05) is 0 Å². The van der Waals surface area contributed by atoms with Gasteiger partial charge in [-0.3, -0.25) is 0 Å². The number of phenols is 1. The largest absolute Gasteiger partial charge is 0.506 e. The first-order valence-corrected chi connectivity index (χ1v) is 4.84. The highest BCUT2D eigenvalue weighted by atomic mass is 79.9. The Labute approximate surface area is 108 Å². The molecule has 0 aliphatic rings. The molecule has 0 aliphatic carbocycles. The molecule has 0 aliphatic heterocycles. The molecule has 0 heterocycles. The van der Waals surface area contributed by atoms with Gasteiger partial charge in [0.1, 0.15) is 5.75 Å². The zero-order valence-electron chi connectivity index (χ0n) is 15.4. The molecule has 0 amide bonds. The third-order valence-corrected chi connectivity index (χ3v) is 2.49. The zero-order chi connectivity index (χ0) is 17.7. The van der Waals surface area contributed by atoms with Gasteiger partial charge in [0.25, 0.3) is 0 Å². The number of halogens is 2. The topological polar surface area (TPSA) is 20.2 Å². The van der Waals surface area contributed by atoms with E-state index in [1.165, 1.54) is 6.07 Å². The summed E-state index contributed by atoms with van der Waals surface area (Å²) in [4.78, 5) is 0. The summed E-state index contributed by atoms with van der Waals surface area (Å²) in [6.45, 7) is -10.2. The lowest BCUT2D eigenvalue weighted by Crippen LogP contribution is -2.11. The van der Waals surface area contributed by atoms with Crippen LogP contribution in [0.5, 0.6) is 5.75 Å². The third kappa shape index (κ3) is 2.47. The monoisotopic (exact) mass is 315 g/mol. The summed E-state index contributed by atoms with van der Waals surface area (Å²) in [7, 11) is 0. The van der Waals surface area contributed by atoms with Crippen LogP contribution in [0.15, 0.2) is 21.1 Å². The fraction of sp³-hybridized carbons (Fsp3) is 0.400. The van der Waals surface area contributed by atoms with Crippen LogP contribution >= 0.6 is 31.9 Å². The second kappa shape index (κ2) is 3.62. The van der Waals surface area contributed by atoms with Gasteiger partial charge in [0, 0.05) is 22.4 Å². The fourth-order valence-electron chi connectivity index (χ4n) is 0.852. The van der Waals surface area contributed by atoms with Crippen LogP contribution in [0.4, 0.5) is 0 Å². The fourth-order valence-corrected chi connectivity index (χ4v) is 2.08. The lowest BCUT2D eigenvalue weighted by molar-refractivity contribution is 0.443. The predicted octanol–water partition coefficient (Wildman–Crippen LogP) is 4.21. The molecule has 0 unspecified atom stereocenters. The lowest BCUT2D eigenvalue weighted by Gasteiger charge is -2.21. The smallest absolute Gasteiger partial charge is 0.133 e. The van der Waals surface area contributed by atoms with Gasteiger partial charge in [-0.25, -0.2) is 0 Å². The van der Waals surface area contributed by atoms with Crippen molar-refractivity contribution in [2.75, 3.05) is 0 Å². The van der Waals surface area contributed by atoms with Crippen LogP contribution in [-0.4, -0.2) is 5.11 Å². The van der Waals surface area contributed by atoms with Crippen molar-refractivity contribution in [1.29, 1.82) is 0 Å². The molecule has 0 aromatic heterocycles. The Bertz CT molecular complexity index is 537. The summed E-state index contributed by atoms with van der Waals surface area (Å²) in [5.41, 5.74) is -3.92. The summed E-state index contributed by atoms with van der Waals surface area (Å²) < 4.78 is 68.6. The third-order valence-electron chi connectivity index (χ3n) is 1.43. The van der Waals surface area contributed by atoms with Gasteiger partial charge in [-0.2, -0.15) is 0 Å². The van der Waals surface area contributed by atoms with Crippen LogP contribution in [0.2, 0.25) is 0 Å². The average Bonchev–Trinajstić information content (AvgIpc) is 2.19. The van der Waals surface area contributed by atoms with Crippen molar-refractivity contribution in [3.63, 3.8) is 0 Å². The van der Waals surface area contributed by atoms with Crippen LogP contribution in [-0.2, 0) is 5.41 Å². The van der Waals surface area contributed by atoms with E-state index in [1.54, 1.807) is 0 Å². The summed E-state index contributed by atoms with van der Waals surface area (Å²) in [5.74, 6) is -0.730. The zero-order valence-corrected chi connectivity index (χ0v) is 9.53. The molecule has 1 nitrogen and oxygen atoms in total. The van der Waals surface area contributed by atoms with Gasteiger partial charge in [-0.15, -0.1) is 0 Å². The van der Waals surface area contributed by atoms with Crippen LogP contribution in [0.1, 0.15) is 38.5 Å². The van der Waals surface area contributed by atoms with Gasteiger partial charge in [-0.1, -0.05) is 36.5 Å². The first kappa shape index (κ1) is 3.86. The summed E-state index contributed by atoms with van der Waals surface area (Å²) in [5, 5.41) is 10.1. The van der Waals surface area contributed by atoms with Crippen LogP contribution in [0.25, 0.3) is 0 Å². The SMILES string of the molecule is [2H]C([2H])([2H])C(c1cc(Br)cc(Br)c1O)(C([2H])([2H])[2H])C([2H])([2H])[2H]. The minimum Gasteiger partial charge on any atom is -0.506 e. The highest BCUT2D eigenvalue weighted by Crippen LogP contribution is 2.38. The number of phenolic OH excluding ortho intramolecular Hbond substituents is 1. The van der Waals surface area contributed by atoms with Crippen molar-refractivity contribution >= 4 is 31.9 Å². The molecule has 0 fully saturated rings. The molecule has 0 saturated heterocycles. The van der Waals surface area contributed by atoms with E-state index in [-0.39, 0.29) is 8.95 Å². The quantitative estimate of drug-likeness (QED) is 0.760. The Morgan fingerprint density at radius 2 is 1.92 bits per heavy atom. The molecule has 0 saturated carbocycles. The highest BCUT2D eigenvalue weighted by molar-refractivity contribution is 9.11. The van der Waals surface area contributed by atoms with Crippen molar-refractivity contribution < 1.29 is 17.4 Å². The standard InChI is InChI=1S/C10H12Br2O/c1-10(2,3)7-4-6(11)5-8(12)9(7)13/h4-5,13H,1-3H3/i1D3,2D3,3D3. The molecule has 1 N–H and O–H groups in total. The molecule has 1 rings (SSSR count). The van der Waals surface area contributed by atoms with Gasteiger partial charge in [0.05, 0.1) is 4.47 Å². The number of aromatic hydroxyl groups is 1. The van der Waals surface area contributed by atoms with E-state index in [0.29, 0.717) is 0 Å². The average molecular weight is 317 g/mol. The molecule has 1 aromatic carbocycles. The molecule has 13 heavy (non-hydrogen) atoms. The Morgan fingerprint density at radius 3 is 2.46 bits per heavy atom. The first-order chi connectivity index (χ1) is 9.57. The summed E-state index contributed by atoms with van der Waals surface area (Å²) in [6.07, 6.45) is 0. The van der Waals surface area contributed by atoms with Gasteiger partial charge >= 0.3 is 0 Å². The number of hydrogen-bond acceptors (Lipinski definition) is 1. The van der Waals surface area contributed by atoms with E-state index in [4.69, 9.17) is 12.3 Å². The second-order valence-electron chi connectivity index (χ2n) is 2.53. The van der Waals surface area contributed by atoms with Gasteiger partial charge in [0.15, 0.2) is 0 Å². The molecule has 0 spiro atoms. The minimum absolute atomic E-state index is 0.0148. The molecule has 1 aromatic rings. The maximum Gasteiger partial charge on any atom is 0.133 e. The normalized spacial score (nSPS) is 24.9. The van der Waals surface area contributed by atoms with Gasteiger partial charge in [-0.05, 0) is 33.5 Å². The van der Waals surface area contributed by atoms with E-state index < -0.39 is 37.3 Å². The van der Waals surface area contributed by atoms with Gasteiger partial charge < -0.3 is 5.11 Å². The Hall–Kier alpha value is -0.0200. The van der Waals surface area contributed by atoms with Crippen LogP contribution in [0, 0.1) is 0 Å². The van der Waals surface area contributed by atoms with E-state index >= 15 is 0 Å². The van der Waals surface area contributed by atoms with Crippen molar-refractivity contribution in [3.8, 4) is 5.75 Å². The lowest BCUT2D eigenvalue weighted by atomic mass is 9.86. The molecular weight excluding hydrogens is 296 g/mol. The summed E-state index contributed by atoms with van der Waals surface area (Å²) >= 11 is 6.01. The molecular formula is C10H12Br2O. The van der Waals surface area contributed by atoms with E-state index in [9.17, 15) is 5.11 Å². The van der Waals surface area contributed by atoms with E-state index in [2.05, 4.69) is 31.9 Å². The molecule has 0 radical (unpaired) electrons. The summed E-state index contributed by atoms with van der Waals surface area (Å²) in [6, 6.07) is 2.35.